The number of piperazine rings is 1. The van der Waals surface area contributed by atoms with Crippen molar-refractivity contribution in [3.8, 4) is 0 Å². The minimum Gasteiger partial charge on any atom is -0.371 e. The molecule has 0 saturated carbocycles. The quantitative estimate of drug-likeness (QED) is 0.907. The molecule has 0 spiro atoms. The van der Waals surface area contributed by atoms with E-state index in [0.717, 1.165) is 26.2 Å². The molecule has 4 nitrogen and oxygen atoms in total. The number of nitrogens with two attached hydrogens (primary N) is 1. The van der Waals surface area contributed by atoms with Crippen LogP contribution in [0.15, 0.2) is 30.3 Å². The van der Waals surface area contributed by atoms with E-state index >= 15 is 0 Å². The van der Waals surface area contributed by atoms with Crippen molar-refractivity contribution in [2.75, 3.05) is 51.2 Å². The van der Waals surface area contributed by atoms with Gasteiger partial charge >= 0.3 is 0 Å². The molecule has 2 fully saturated rings. The maximum atomic E-state index is 6.00. The Kier molecular flexibility index (Phi) is 4.78. The number of hydrogen-bond donors (Lipinski definition) is 1. The lowest BCUT2D eigenvalue weighted by molar-refractivity contribution is 0.0464. The topological polar surface area (TPSA) is 35.7 Å². The Morgan fingerprint density at radius 3 is 2.43 bits per heavy atom. The van der Waals surface area contributed by atoms with E-state index in [1.165, 1.54) is 31.6 Å². The van der Waals surface area contributed by atoms with Crippen molar-refractivity contribution in [1.29, 1.82) is 0 Å². The van der Waals surface area contributed by atoms with E-state index in [1.807, 2.05) is 0 Å². The highest BCUT2D eigenvalue weighted by atomic mass is 15.3. The molecule has 2 N–H and O–H groups in total. The lowest BCUT2D eigenvalue weighted by Gasteiger charge is -2.46. The zero-order chi connectivity index (χ0) is 14.7. The molecular weight excluding hydrogens is 260 g/mol. The molecule has 0 aliphatic carbocycles. The second-order valence-corrected chi connectivity index (χ2v) is 6.44. The van der Waals surface area contributed by atoms with Crippen LogP contribution in [-0.4, -0.2) is 68.2 Å². The van der Waals surface area contributed by atoms with Crippen LogP contribution in [0.25, 0.3) is 0 Å². The van der Waals surface area contributed by atoms with Crippen molar-refractivity contribution in [2.24, 2.45) is 5.73 Å². The zero-order valence-corrected chi connectivity index (χ0v) is 13.1. The summed E-state index contributed by atoms with van der Waals surface area (Å²) in [6.45, 7) is 6.58. The van der Waals surface area contributed by atoms with E-state index in [4.69, 9.17) is 5.73 Å². The van der Waals surface area contributed by atoms with Gasteiger partial charge in [-0.3, -0.25) is 4.90 Å². The molecule has 116 valence electrons. The number of nitrogens with zero attached hydrogens (tertiary/aromatic N) is 3. The molecule has 2 aliphatic heterocycles. The summed E-state index contributed by atoms with van der Waals surface area (Å²) < 4.78 is 0. The average Bonchev–Trinajstić information content (AvgIpc) is 2.56. The smallest absolute Gasteiger partial charge is 0.0366 e. The molecule has 21 heavy (non-hydrogen) atoms. The van der Waals surface area contributed by atoms with Crippen LogP contribution in [0.2, 0.25) is 0 Å². The summed E-state index contributed by atoms with van der Waals surface area (Å²) >= 11 is 0. The maximum Gasteiger partial charge on any atom is 0.0366 e. The monoisotopic (exact) mass is 288 g/mol. The molecule has 4 heteroatoms. The predicted octanol–water partition coefficient (Wildman–Crippen LogP) is 1.23. The first-order valence-electron chi connectivity index (χ1n) is 8.22. The Morgan fingerprint density at radius 1 is 1.05 bits per heavy atom. The number of rotatable bonds is 3. The van der Waals surface area contributed by atoms with Gasteiger partial charge < -0.3 is 15.5 Å². The van der Waals surface area contributed by atoms with Crippen molar-refractivity contribution in [3.05, 3.63) is 30.3 Å². The van der Waals surface area contributed by atoms with E-state index in [0.29, 0.717) is 12.1 Å². The Hall–Kier alpha value is -1.10. The largest absolute Gasteiger partial charge is 0.371 e. The van der Waals surface area contributed by atoms with Gasteiger partial charge in [0.05, 0.1) is 0 Å². The van der Waals surface area contributed by atoms with Crippen LogP contribution in [0.1, 0.15) is 12.8 Å². The Morgan fingerprint density at radius 2 is 1.76 bits per heavy atom. The van der Waals surface area contributed by atoms with Crippen molar-refractivity contribution in [3.63, 3.8) is 0 Å². The fourth-order valence-corrected chi connectivity index (χ4v) is 3.81. The van der Waals surface area contributed by atoms with Gasteiger partial charge in [0.2, 0.25) is 0 Å². The van der Waals surface area contributed by atoms with Crippen molar-refractivity contribution in [2.45, 2.75) is 24.9 Å². The van der Waals surface area contributed by atoms with Gasteiger partial charge in [0, 0.05) is 57.0 Å². The number of piperidine rings is 1. The van der Waals surface area contributed by atoms with Crippen molar-refractivity contribution >= 4 is 5.69 Å². The van der Waals surface area contributed by atoms with E-state index in [-0.39, 0.29) is 0 Å². The number of hydrogen-bond acceptors (Lipinski definition) is 4. The van der Waals surface area contributed by atoms with Crippen LogP contribution in [0.4, 0.5) is 5.69 Å². The Bertz CT molecular complexity index is 428. The fraction of sp³-hybridized carbons (Fsp3) is 0.647. The summed E-state index contributed by atoms with van der Waals surface area (Å²) in [5.41, 5.74) is 7.37. The minimum absolute atomic E-state index is 0.539. The first-order chi connectivity index (χ1) is 10.3. The van der Waals surface area contributed by atoms with Crippen LogP contribution in [0, 0.1) is 0 Å². The molecule has 2 aliphatic rings. The first-order valence-corrected chi connectivity index (χ1v) is 8.22. The molecular formula is C17H28N4. The lowest BCUT2D eigenvalue weighted by Crippen LogP contribution is -2.59. The third-order valence-electron chi connectivity index (χ3n) is 5.06. The third-order valence-corrected chi connectivity index (χ3v) is 5.06. The van der Waals surface area contributed by atoms with Crippen LogP contribution in [0.5, 0.6) is 0 Å². The second kappa shape index (κ2) is 6.77. The van der Waals surface area contributed by atoms with Crippen molar-refractivity contribution < 1.29 is 0 Å². The highest BCUT2D eigenvalue weighted by Gasteiger charge is 2.32. The van der Waals surface area contributed by atoms with Crippen LogP contribution in [-0.2, 0) is 0 Å². The molecule has 2 saturated heterocycles. The number of para-hydroxylation sites is 1. The Balaban J connectivity index is 1.58. The minimum atomic E-state index is 0.539. The van der Waals surface area contributed by atoms with Gasteiger partial charge in [-0.2, -0.15) is 0 Å². The van der Waals surface area contributed by atoms with Gasteiger partial charge in [-0.25, -0.2) is 0 Å². The summed E-state index contributed by atoms with van der Waals surface area (Å²) in [6.07, 6.45) is 2.52. The molecule has 0 amide bonds. The molecule has 0 bridgehead atoms. The number of anilines is 1. The SMILES string of the molecule is CN1CCN(C2CCN(c3ccccc3)CC2)C(CN)C1. The molecule has 3 rings (SSSR count). The molecule has 0 aromatic heterocycles. The predicted molar refractivity (Wildman–Crippen MR) is 88.7 cm³/mol. The van der Waals surface area contributed by atoms with Crippen molar-refractivity contribution in [1.82, 2.24) is 9.80 Å². The standard InChI is InChI=1S/C17H28N4/c1-19-11-12-21(17(13-18)14-19)16-7-9-20(10-8-16)15-5-3-2-4-6-15/h2-6,16-17H,7-14,18H2,1H3. The van der Waals surface area contributed by atoms with Crippen LogP contribution in [0.3, 0.4) is 0 Å². The highest BCUT2D eigenvalue weighted by Crippen LogP contribution is 2.24. The van der Waals surface area contributed by atoms with Gasteiger partial charge in [0.15, 0.2) is 0 Å². The van der Waals surface area contributed by atoms with E-state index in [1.54, 1.807) is 0 Å². The second-order valence-electron chi connectivity index (χ2n) is 6.44. The Labute approximate surface area is 128 Å². The van der Waals surface area contributed by atoms with Gasteiger partial charge in [-0.15, -0.1) is 0 Å². The fourth-order valence-electron chi connectivity index (χ4n) is 3.81. The summed E-state index contributed by atoms with van der Waals surface area (Å²) in [4.78, 5) is 7.61. The highest BCUT2D eigenvalue weighted by molar-refractivity contribution is 5.46. The molecule has 1 unspecified atom stereocenters. The molecule has 0 radical (unpaired) electrons. The first kappa shape index (κ1) is 14.8. The van der Waals surface area contributed by atoms with Gasteiger partial charge in [0.1, 0.15) is 0 Å². The van der Waals surface area contributed by atoms with Crippen LogP contribution >= 0.6 is 0 Å². The van der Waals surface area contributed by atoms with E-state index in [2.05, 4.69) is 52.1 Å². The van der Waals surface area contributed by atoms with E-state index in [9.17, 15) is 0 Å². The number of likely N-dealkylation sites (N-methyl/N-ethyl adjacent to an activating group) is 1. The summed E-state index contributed by atoms with van der Waals surface area (Å²) in [7, 11) is 2.21. The summed E-state index contributed by atoms with van der Waals surface area (Å²) in [6, 6.07) is 12.0. The van der Waals surface area contributed by atoms with E-state index < -0.39 is 0 Å². The molecule has 1 aromatic carbocycles. The lowest BCUT2D eigenvalue weighted by atomic mass is 9.99. The molecule has 1 aromatic rings. The maximum absolute atomic E-state index is 6.00. The normalized spacial score (nSPS) is 26.2. The molecule has 2 heterocycles. The van der Waals surface area contributed by atoms with Gasteiger partial charge in [0.25, 0.3) is 0 Å². The average molecular weight is 288 g/mol. The van der Waals surface area contributed by atoms with Gasteiger partial charge in [-0.1, -0.05) is 18.2 Å². The third kappa shape index (κ3) is 3.39. The summed E-state index contributed by atoms with van der Waals surface area (Å²) in [5.74, 6) is 0. The van der Waals surface area contributed by atoms with Crippen LogP contribution < -0.4 is 10.6 Å². The van der Waals surface area contributed by atoms with Gasteiger partial charge in [-0.05, 0) is 32.0 Å². The number of benzene rings is 1. The zero-order valence-electron chi connectivity index (χ0n) is 13.1. The molecule has 1 atom stereocenters. The summed E-state index contributed by atoms with van der Waals surface area (Å²) in [5, 5.41) is 0.